The molecular formula is C21H21F3N2O5S. The molecule has 1 aliphatic rings. The molecule has 3 rings (SSSR count). The van der Waals surface area contributed by atoms with Crippen LogP contribution in [0.1, 0.15) is 53.7 Å². The Morgan fingerprint density at radius 2 is 1.84 bits per heavy atom. The molecule has 172 valence electrons. The summed E-state index contributed by atoms with van der Waals surface area (Å²) in [7, 11) is 0. The number of thiazole rings is 1. The van der Waals surface area contributed by atoms with Crippen molar-refractivity contribution in [2.75, 3.05) is 0 Å². The molecule has 2 aromatic rings. The van der Waals surface area contributed by atoms with Gasteiger partial charge >= 0.3 is 18.1 Å². The summed E-state index contributed by atoms with van der Waals surface area (Å²) in [6.07, 6.45) is -3.55. The lowest BCUT2D eigenvalue weighted by atomic mass is 9.83. The fourth-order valence-corrected chi connectivity index (χ4v) is 5.09. The molecule has 2 N–H and O–H groups in total. The maximum absolute atomic E-state index is 13.5. The Labute approximate surface area is 185 Å². The van der Waals surface area contributed by atoms with Crippen molar-refractivity contribution in [3.05, 3.63) is 52.0 Å². The van der Waals surface area contributed by atoms with E-state index in [1.165, 1.54) is 6.20 Å². The molecule has 32 heavy (non-hydrogen) atoms. The SMILES string of the molecule is CC(C)C[C@@]1(C(=O)O)C[C@H](C(=O)O)[C@H](c2nccs2)N1C(=O)c1ccc(C(F)(F)F)cc1. The van der Waals surface area contributed by atoms with Crippen LogP contribution in [0.25, 0.3) is 0 Å². The molecule has 11 heteroatoms. The van der Waals surface area contributed by atoms with Crippen molar-refractivity contribution in [2.24, 2.45) is 11.8 Å². The highest BCUT2D eigenvalue weighted by atomic mass is 32.1. The predicted molar refractivity (Wildman–Crippen MR) is 108 cm³/mol. The summed E-state index contributed by atoms with van der Waals surface area (Å²) < 4.78 is 38.8. The third kappa shape index (κ3) is 4.21. The van der Waals surface area contributed by atoms with Crippen LogP contribution in [0.15, 0.2) is 35.8 Å². The number of rotatable bonds is 6. The Bertz CT molecular complexity index is 1010. The highest BCUT2D eigenvalue weighted by molar-refractivity contribution is 7.09. The molecule has 1 saturated heterocycles. The number of alkyl halides is 3. The number of aliphatic carboxylic acids is 2. The van der Waals surface area contributed by atoms with Crippen LogP contribution in [0.3, 0.4) is 0 Å². The minimum Gasteiger partial charge on any atom is -0.481 e. The number of aromatic nitrogens is 1. The number of hydrogen-bond acceptors (Lipinski definition) is 5. The summed E-state index contributed by atoms with van der Waals surface area (Å²) in [6.45, 7) is 3.50. The second kappa shape index (κ2) is 8.53. The van der Waals surface area contributed by atoms with Gasteiger partial charge in [-0.25, -0.2) is 9.78 Å². The van der Waals surface area contributed by atoms with Gasteiger partial charge in [-0.1, -0.05) is 13.8 Å². The molecule has 1 aromatic heterocycles. The largest absolute Gasteiger partial charge is 0.481 e. The van der Waals surface area contributed by atoms with E-state index in [1.807, 2.05) is 0 Å². The van der Waals surface area contributed by atoms with Gasteiger partial charge in [0.05, 0.1) is 17.5 Å². The third-order valence-corrected chi connectivity index (χ3v) is 6.37. The van der Waals surface area contributed by atoms with Gasteiger partial charge in [0, 0.05) is 17.1 Å². The van der Waals surface area contributed by atoms with Crippen molar-refractivity contribution in [3.8, 4) is 0 Å². The lowest BCUT2D eigenvalue weighted by Gasteiger charge is -2.38. The van der Waals surface area contributed by atoms with Crippen LogP contribution in [0.2, 0.25) is 0 Å². The lowest BCUT2D eigenvalue weighted by Crippen LogP contribution is -2.54. The topological polar surface area (TPSA) is 108 Å². The predicted octanol–water partition coefficient (Wildman–Crippen LogP) is 4.32. The van der Waals surface area contributed by atoms with Crippen LogP contribution in [0.4, 0.5) is 13.2 Å². The van der Waals surface area contributed by atoms with Crippen LogP contribution in [0.5, 0.6) is 0 Å². The second-order valence-electron chi connectivity index (χ2n) is 8.15. The molecule has 1 fully saturated rings. The average molecular weight is 470 g/mol. The van der Waals surface area contributed by atoms with Crippen molar-refractivity contribution in [1.82, 2.24) is 9.88 Å². The quantitative estimate of drug-likeness (QED) is 0.651. The summed E-state index contributed by atoms with van der Waals surface area (Å²) in [5.41, 5.74) is -2.98. The number of nitrogens with zero attached hydrogens (tertiary/aromatic N) is 2. The van der Waals surface area contributed by atoms with E-state index in [2.05, 4.69) is 4.98 Å². The van der Waals surface area contributed by atoms with Gasteiger partial charge in [0.15, 0.2) is 0 Å². The van der Waals surface area contributed by atoms with Crippen LogP contribution in [-0.4, -0.2) is 43.5 Å². The van der Waals surface area contributed by atoms with Gasteiger partial charge in [0.2, 0.25) is 0 Å². The highest BCUT2D eigenvalue weighted by Crippen LogP contribution is 2.51. The number of likely N-dealkylation sites (tertiary alicyclic amines) is 1. The van der Waals surface area contributed by atoms with Crippen molar-refractivity contribution in [3.63, 3.8) is 0 Å². The average Bonchev–Trinajstić information content (AvgIpc) is 3.33. The Hall–Kier alpha value is -2.95. The van der Waals surface area contributed by atoms with Crippen molar-refractivity contribution >= 4 is 29.2 Å². The third-order valence-electron chi connectivity index (χ3n) is 5.52. The molecular weight excluding hydrogens is 449 g/mol. The molecule has 1 amide bonds. The normalized spacial score (nSPS) is 23.5. The van der Waals surface area contributed by atoms with Crippen LogP contribution >= 0.6 is 11.3 Å². The molecule has 7 nitrogen and oxygen atoms in total. The van der Waals surface area contributed by atoms with Gasteiger partial charge in [-0.3, -0.25) is 9.59 Å². The lowest BCUT2D eigenvalue weighted by molar-refractivity contribution is -0.150. The van der Waals surface area contributed by atoms with E-state index in [1.54, 1.807) is 19.2 Å². The standard InChI is InChI=1S/C21H21F3N2O5S/c1-11(2)9-20(19(30)31)10-14(18(28)29)15(16-25-7-8-32-16)26(20)17(27)12-3-5-13(6-4-12)21(22,23)24/h3-8,11,14-15H,9-10H2,1-2H3,(H,28,29)(H,30,31)/t14-,15+,20-/m0/s1. The summed E-state index contributed by atoms with van der Waals surface area (Å²) >= 11 is 1.08. The van der Waals surface area contributed by atoms with Gasteiger partial charge < -0.3 is 15.1 Å². The number of benzene rings is 1. The molecule has 0 aliphatic carbocycles. The molecule has 0 saturated carbocycles. The smallest absolute Gasteiger partial charge is 0.416 e. The summed E-state index contributed by atoms with van der Waals surface area (Å²) in [4.78, 5) is 43.3. The van der Waals surface area contributed by atoms with Crippen LogP contribution in [-0.2, 0) is 15.8 Å². The first-order valence-corrected chi connectivity index (χ1v) is 10.6. The van der Waals surface area contributed by atoms with Gasteiger partial charge in [-0.05, 0) is 43.0 Å². The van der Waals surface area contributed by atoms with Crippen LogP contribution in [0, 0.1) is 11.8 Å². The zero-order valence-corrected chi connectivity index (χ0v) is 18.0. The number of carbonyl (C=O) groups excluding carboxylic acids is 1. The number of carboxylic acids is 2. The number of halogens is 3. The fourth-order valence-electron chi connectivity index (χ4n) is 4.30. The zero-order valence-electron chi connectivity index (χ0n) is 17.2. The molecule has 3 atom stereocenters. The molecule has 0 spiro atoms. The minimum absolute atomic E-state index is 0.0274. The number of hydrogen-bond donors (Lipinski definition) is 2. The van der Waals surface area contributed by atoms with E-state index in [0.717, 1.165) is 40.5 Å². The Morgan fingerprint density at radius 3 is 2.28 bits per heavy atom. The number of amides is 1. The van der Waals surface area contributed by atoms with E-state index in [4.69, 9.17) is 0 Å². The first kappa shape index (κ1) is 23.7. The fraction of sp³-hybridized carbons (Fsp3) is 0.429. The van der Waals surface area contributed by atoms with Gasteiger partial charge in [-0.15, -0.1) is 11.3 Å². The first-order chi connectivity index (χ1) is 14.9. The summed E-state index contributed by atoms with van der Waals surface area (Å²) in [5, 5.41) is 21.9. The maximum atomic E-state index is 13.5. The van der Waals surface area contributed by atoms with E-state index in [-0.39, 0.29) is 29.3 Å². The minimum atomic E-state index is -4.60. The van der Waals surface area contributed by atoms with Gasteiger partial charge in [0.1, 0.15) is 10.5 Å². The molecule has 0 bridgehead atoms. The van der Waals surface area contributed by atoms with Gasteiger partial charge in [-0.2, -0.15) is 13.2 Å². The summed E-state index contributed by atoms with van der Waals surface area (Å²) in [5.74, 6) is -4.95. The Balaban J connectivity index is 2.17. The summed E-state index contributed by atoms with van der Waals surface area (Å²) in [6, 6.07) is 2.25. The zero-order chi connectivity index (χ0) is 23.8. The number of carbonyl (C=O) groups is 3. The van der Waals surface area contributed by atoms with Crippen molar-refractivity contribution in [1.29, 1.82) is 0 Å². The molecule has 0 radical (unpaired) electrons. The van der Waals surface area contributed by atoms with Crippen molar-refractivity contribution < 1.29 is 37.8 Å². The van der Waals surface area contributed by atoms with Crippen molar-refractivity contribution in [2.45, 2.75) is 44.4 Å². The van der Waals surface area contributed by atoms with Gasteiger partial charge in [0.25, 0.3) is 5.91 Å². The second-order valence-corrected chi connectivity index (χ2v) is 9.08. The monoisotopic (exact) mass is 470 g/mol. The first-order valence-electron chi connectivity index (χ1n) is 9.75. The molecule has 1 aliphatic heterocycles. The van der Waals surface area contributed by atoms with Crippen LogP contribution < -0.4 is 0 Å². The van der Waals surface area contributed by atoms with E-state index >= 15 is 0 Å². The Morgan fingerprint density at radius 1 is 1.22 bits per heavy atom. The molecule has 2 heterocycles. The Kier molecular flexibility index (Phi) is 6.32. The highest BCUT2D eigenvalue weighted by Gasteiger charge is 2.61. The van der Waals surface area contributed by atoms with E-state index in [0.29, 0.717) is 0 Å². The molecule has 1 aromatic carbocycles. The molecule has 0 unspecified atom stereocenters. The maximum Gasteiger partial charge on any atom is 0.416 e. The van der Waals surface area contributed by atoms with E-state index < -0.39 is 47.1 Å². The van der Waals surface area contributed by atoms with E-state index in [9.17, 15) is 37.8 Å². The number of carboxylic acid groups (broad SMARTS) is 2.